The van der Waals surface area contributed by atoms with Crippen LogP contribution in [0, 0.1) is 11.8 Å². The zero-order chi connectivity index (χ0) is 22.5. The number of amides is 1. The van der Waals surface area contributed by atoms with Crippen LogP contribution in [0.4, 0.5) is 0 Å². The van der Waals surface area contributed by atoms with E-state index in [2.05, 4.69) is 53.4 Å². The van der Waals surface area contributed by atoms with Gasteiger partial charge in [-0.1, -0.05) is 56.3 Å². The second-order valence-electron chi connectivity index (χ2n) is 8.94. The van der Waals surface area contributed by atoms with Crippen LogP contribution in [0.2, 0.25) is 0 Å². The molecule has 32 heavy (non-hydrogen) atoms. The molecule has 2 unspecified atom stereocenters. The van der Waals surface area contributed by atoms with E-state index >= 15 is 0 Å². The zero-order valence-corrected chi connectivity index (χ0v) is 18.7. The van der Waals surface area contributed by atoms with Crippen molar-refractivity contribution in [3.63, 3.8) is 0 Å². The third kappa shape index (κ3) is 5.51. The predicted octanol–water partition coefficient (Wildman–Crippen LogP) is 3.64. The molecule has 2 aromatic carbocycles. The van der Waals surface area contributed by atoms with Gasteiger partial charge in [-0.25, -0.2) is 0 Å². The van der Waals surface area contributed by atoms with Crippen LogP contribution in [0.15, 0.2) is 71.5 Å². The molecule has 0 bridgehead atoms. The smallest absolute Gasteiger partial charge is 0.272 e. The summed E-state index contributed by atoms with van der Waals surface area (Å²) in [5.41, 5.74) is 2.87. The molecule has 1 N–H and O–H groups in total. The summed E-state index contributed by atoms with van der Waals surface area (Å²) < 4.78 is 1.24. The highest BCUT2D eigenvalue weighted by molar-refractivity contribution is 5.92. The van der Waals surface area contributed by atoms with Crippen molar-refractivity contribution in [1.82, 2.24) is 20.0 Å². The molecule has 3 aromatic rings. The predicted molar refractivity (Wildman–Crippen MR) is 126 cm³/mol. The molecule has 6 nitrogen and oxygen atoms in total. The van der Waals surface area contributed by atoms with Gasteiger partial charge in [0.2, 0.25) is 0 Å². The van der Waals surface area contributed by atoms with E-state index < -0.39 is 0 Å². The van der Waals surface area contributed by atoms with Gasteiger partial charge in [0.1, 0.15) is 5.69 Å². The van der Waals surface area contributed by atoms with Crippen molar-refractivity contribution >= 4 is 5.91 Å². The molecular formula is C26H30N4O2. The minimum absolute atomic E-state index is 0.207. The van der Waals surface area contributed by atoms with Crippen molar-refractivity contribution < 1.29 is 4.79 Å². The van der Waals surface area contributed by atoms with Crippen LogP contribution in [0.3, 0.4) is 0 Å². The first-order chi connectivity index (χ1) is 15.5. The lowest BCUT2D eigenvalue weighted by molar-refractivity contribution is 0.0944. The Labute approximate surface area is 188 Å². The second kappa shape index (κ2) is 9.92. The number of hydrogen-bond donors (Lipinski definition) is 1. The van der Waals surface area contributed by atoms with Crippen molar-refractivity contribution in [1.29, 1.82) is 0 Å². The standard InChI is InChI=1S/C26H30N4O2/c1-19-14-20(2)17-29(16-19)18-22-10-8-21(9-11-22)15-27-26(32)24-12-13-25(31)30(28-24)23-6-4-3-5-7-23/h3-13,19-20H,14-18H2,1-2H3,(H,27,32). The van der Waals surface area contributed by atoms with Gasteiger partial charge in [-0.05, 0) is 47.6 Å². The van der Waals surface area contributed by atoms with Gasteiger partial charge in [-0.3, -0.25) is 14.5 Å². The number of para-hydroxylation sites is 1. The van der Waals surface area contributed by atoms with Crippen molar-refractivity contribution in [3.05, 3.63) is 93.9 Å². The molecule has 1 aromatic heterocycles. The molecule has 166 valence electrons. The van der Waals surface area contributed by atoms with Crippen LogP contribution >= 0.6 is 0 Å². The van der Waals surface area contributed by atoms with Gasteiger partial charge in [-0.15, -0.1) is 0 Å². The lowest BCUT2D eigenvalue weighted by atomic mass is 9.91. The average Bonchev–Trinajstić information content (AvgIpc) is 2.78. The van der Waals surface area contributed by atoms with E-state index in [4.69, 9.17) is 0 Å². The summed E-state index contributed by atoms with van der Waals surface area (Å²) in [7, 11) is 0. The first-order valence-electron chi connectivity index (χ1n) is 11.2. The Morgan fingerprint density at radius 1 is 0.938 bits per heavy atom. The van der Waals surface area contributed by atoms with Crippen molar-refractivity contribution in [2.45, 2.75) is 33.4 Å². The summed E-state index contributed by atoms with van der Waals surface area (Å²) in [5.74, 6) is 1.19. The Bertz CT molecular complexity index is 1100. The summed E-state index contributed by atoms with van der Waals surface area (Å²) in [5, 5.41) is 7.13. The van der Waals surface area contributed by atoms with E-state index in [0.717, 1.165) is 37.0 Å². The first-order valence-corrected chi connectivity index (χ1v) is 11.2. The quantitative estimate of drug-likeness (QED) is 0.648. The number of likely N-dealkylation sites (tertiary alicyclic amines) is 1. The van der Waals surface area contributed by atoms with Gasteiger partial charge >= 0.3 is 0 Å². The van der Waals surface area contributed by atoms with Crippen LogP contribution in [-0.4, -0.2) is 33.7 Å². The molecular weight excluding hydrogens is 400 g/mol. The molecule has 1 saturated heterocycles. The van der Waals surface area contributed by atoms with Gasteiger partial charge in [0, 0.05) is 32.2 Å². The fourth-order valence-corrected chi connectivity index (χ4v) is 4.50. The van der Waals surface area contributed by atoms with Crippen molar-refractivity contribution in [3.8, 4) is 5.69 Å². The Hall–Kier alpha value is -3.25. The molecule has 1 amide bonds. The molecule has 1 aliphatic heterocycles. The number of rotatable bonds is 6. The Balaban J connectivity index is 1.36. The van der Waals surface area contributed by atoms with E-state index in [1.165, 1.54) is 28.8 Å². The summed E-state index contributed by atoms with van der Waals surface area (Å²) in [6, 6.07) is 20.3. The minimum Gasteiger partial charge on any atom is -0.347 e. The normalized spacial score (nSPS) is 18.9. The van der Waals surface area contributed by atoms with Gasteiger partial charge < -0.3 is 5.32 Å². The molecule has 0 spiro atoms. The summed E-state index contributed by atoms with van der Waals surface area (Å²) in [4.78, 5) is 27.3. The lowest BCUT2D eigenvalue weighted by Gasteiger charge is -2.35. The van der Waals surface area contributed by atoms with E-state index in [-0.39, 0.29) is 17.2 Å². The van der Waals surface area contributed by atoms with Crippen molar-refractivity contribution in [2.75, 3.05) is 13.1 Å². The van der Waals surface area contributed by atoms with Crippen molar-refractivity contribution in [2.24, 2.45) is 11.8 Å². The van der Waals surface area contributed by atoms with Crippen LogP contribution in [-0.2, 0) is 13.1 Å². The first kappa shape index (κ1) is 22.0. The number of piperidine rings is 1. The SMILES string of the molecule is CC1CC(C)CN(Cc2ccc(CNC(=O)c3ccc(=O)n(-c4ccccc4)n3)cc2)C1. The third-order valence-electron chi connectivity index (χ3n) is 5.86. The van der Waals surface area contributed by atoms with E-state index in [9.17, 15) is 9.59 Å². The molecule has 0 aliphatic carbocycles. The second-order valence-corrected chi connectivity index (χ2v) is 8.94. The monoisotopic (exact) mass is 430 g/mol. The molecule has 6 heteroatoms. The molecule has 1 fully saturated rings. The minimum atomic E-state index is -0.310. The Morgan fingerprint density at radius 3 is 2.28 bits per heavy atom. The average molecular weight is 431 g/mol. The topological polar surface area (TPSA) is 67.2 Å². The van der Waals surface area contributed by atoms with E-state index in [1.807, 2.05) is 18.2 Å². The maximum atomic E-state index is 12.6. The number of aromatic nitrogens is 2. The van der Waals surface area contributed by atoms with Gasteiger partial charge in [-0.2, -0.15) is 9.78 Å². The fraction of sp³-hybridized carbons (Fsp3) is 0.346. The maximum absolute atomic E-state index is 12.6. The highest BCUT2D eigenvalue weighted by Gasteiger charge is 2.21. The van der Waals surface area contributed by atoms with Gasteiger partial charge in [0.25, 0.3) is 11.5 Å². The molecule has 1 aliphatic rings. The third-order valence-corrected chi connectivity index (χ3v) is 5.86. The molecule has 0 radical (unpaired) electrons. The molecule has 2 atom stereocenters. The van der Waals surface area contributed by atoms with Gasteiger partial charge in [0.05, 0.1) is 5.69 Å². The summed E-state index contributed by atoms with van der Waals surface area (Å²) in [6.07, 6.45) is 1.31. The summed E-state index contributed by atoms with van der Waals surface area (Å²) in [6.45, 7) is 8.33. The molecule has 4 rings (SSSR count). The van der Waals surface area contributed by atoms with Crippen LogP contribution in [0.1, 0.15) is 41.9 Å². The van der Waals surface area contributed by atoms with E-state index in [0.29, 0.717) is 12.2 Å². The number of nitrogens with one attached hydrogen (secondary N) is 1. The zero-order valence-electron chi connectivity index (χ0n) is 18.7. The number of nitrogens with zero attached hydrogens (tertiary/aromatic N) is 3. The highest BCUT2D eigenvalue weighted by atomic mass is 16.2. The number of hydrogen-bond acceptors (Lipinski definition) is 4. The van der Waals surface area contributed by atoms with E-state index in [1.54, 1.807) is 12.1 Å². The largest absolute Gasteiger partial charge is 0.347 e. The van der Waals surface area contributed by atoms with Crippen LogP contribution in [0.5, 0.6) is 0 Å². The molecule has 2 heterocycles. The molecule has 0 saturated carbocycles. The highest BCUT2D eigenvalue weighted by Crippen LogP contribution is 2.22. The number of carbonyl (C=O) groups is 1. The van der Waals surface area contributed by atoms with Gasteiger partial charge in [0.15, 0.2) is 0 Å². The Kier molecular flexibility index (Phi) is 6.81. The number of carbonyl (C=O) groups excluding carboxylic acids is 1. The summed E-state index contributed by atoms with van der Waals surface area (Å²) >= 11 is 0. The van der Waals surface area contributed by atoms with Crippen LogP contribution in [0.25, 0.3) is 5.69 Å². The Morgan fingerprint density at radius 2 is 1.59 bits per heavy atom. The fourth-order valence-electron chi connectivity index (χ4n) is 4.50. The maximum Gasteiger partial charge on any atom is 0.272 e. The number of benzene rings is 2. The van der Waals surface area contributed by atoms with Crippen LogP contribution < -0.4 is 10.9 Å². The lowest BCUT2D eigenvalue weighted by Crippen LogP contribution is -2.38.